The lowest BCUT2D eigenvalue weighted by Crippen LogP contribution is -2.67. The zero-order valence-electron chi connectivity index (χ0n) is 38.0. The molecule has 0 bridgehead atoms. The molecule has 8 rings (SSSR count). The molecule has 3 heterocycles. The van der Waals surface area contributed by atoms with Crippen molar-refractivity contribution in [3.8, 4) is 0 Å². The molecule has 9 nitrogen and oxygen atoms in total. The second-order valence-electron chi connectivity index (χ2n) is 18.5. The summed E-state index contributed by atoms with van der Waals surface area (Å²) in [6.45, 7) is 12.5. The number of fused-ring (bicyclic) bond motifs is 1. The van der Waals surface area contributed by atoms with E-state index < -0.39 is 50.9 Å². The minimum absolute atomic E-state index is 0.225. The number of rotatable bonds is 18. The maximum absolute atomic E-state index is 7.51. The van der Waals surface area contributed by atoms with Gasteiger partial charge in [-0.2, -0.15) is 0 Å². The van der Waals surface area contributed by atoms with Crippen LogP contribution in [0.5, 0.6) is 0 Å². The van der Waals surface area contributed by atoms with Crippen molar-refractivity contribution in [3.05, 3.63) is 180 Å². The first-order valence-corrected chi connectivity index (χ1v) is 24.5. The van der Waals surface area contributed by atoms with E-state index in [-0.39, 0.29) is 17.1 Å². The predicted octanol–water partition coefficient (Wildman–Crippen LogP) is 9.13. The molecule has 10 heteroatoms. The average Bonchev–Trinajstić information content (AvgIpc) is 3.63. The largest absolute Gasteiger partial charge is 0.490 e. The highest BCUT2D eigenvalue weighted by atomic mass is 28.4. The van der Waals surface area contributed by atoms with Gasteiger partial charge in [-0.1, -0.05) is 172 Å². The summed E-state index contributed by atoms with van der Waals surface area (Å²) < 4.78 is 61.2. The third-order valence-corrected chi connectivity index (χ3v) is 17.5. The predicted molar refractivity (Wildman–Crippen MR) is 250 cm³/mol. The summed E-state index contributed by atoms with van der Waals surface area (Å²) in [6, 6.07) is 51.9. The van der Waals surface area contributed by atoms with E-state index in [9.17, 15) is 0 Å². The molecule has 2 fully saturated rings. The molecule has 5 aromatic carbocycles. The van der Waals surface area contributed by atoms with Crippen molar-refractivity contribution in [2.75, 3.05) is 20.3 Å². The molecule has 8 atom stereocenters. The third-order valence-electron chi connectivity index (χ3n) is 12.5. The summed E-state index contributed by atoms with van der Waals surface area (Å²) in [5.74, 6) is -0.361. The summed E-state index contributed by atoms with van der Waals surface area (Å²) in [4.78, 5) is 0. The van der Waals surface area contributed by atoms with Gasteiger partial charge in [0, 0.05) is 19.4 Å². The second-order valence-corrected chi connectivity index (χ2v) is 22.8. The van der Waals surface area contributed by atoms with Gasteiger partial charge in [-0.25, -0.2) is 0 Å². The van der Waals surface area contributed by atoms with Crippen molar-refractivity contribution in [3.63, 3.8) is 0 Å². The normalized spacial score (nSPS) is 25.6. The van der Waals surface area contributed by atoms with Crippen LogP contribution in [-0.2, 0) is 62.1 Å². The molecule has 0 N–H and O–H groups in total. The lowest BCUT2D eigenvalue weighted by atomic mass is 9.84. The Morgan fingerprint density at radius 1 is 0.594 bits per heavy atom. The zero-order valence-corrected chi connectivity index (χ0v) is 39.0. The molecule has 0 aliphatic carbocycles. The molecule has 64 heavy (non-hydrogen) atoms. The number of benzene rings is 5. The van der Waals surface area contributed by atoms with Crippen LogP contribution in [-0.4, -0.2) is 77.3 Å². The topological polar surface area (TPSA) is 83.1 Å². The third kappa shape index (κ3) is 10.8. The molecule has 3 aliphatic heterocycles. The Balaban J connectivity index is 1.13. The fourth-order valence-electron chi connectivity index (χ4n) is 9.52. The van der Waals surface area contributed by atoms with Gasteiger partial charge in [0.2, 0.25) is 0 Å². The van der Waals surface area contributed by atoms with Crippen molar-refractivity contribution < 1.29 is 42.3 Å². The number of allylic oxidation sites excluding steroid dienone is 1. The Bertz CT molecular complexity index is 2160. The van der Waals surface area contributed by atoms with Crippen molar-refractivity contribution in [1.82, 2.24) is 0 Å². The van der Waals surface area contributed by atoms with Crippen molar-refractivity contribution >= 4 is 18.7 Å². The highest BCUT2D eigenvalue weighted by molar-refractivity contribution is 6.99. The summed E-state index contributed by atoms with van der Waals surface area (Å²) >= 11 is 0. The lowest BCUT2D eigenvalue weighted by molar-refractivity contribution is -0.306. The molecule has 0 spiro atoms. The molecular weight excluding hydrogens is 821 g/mol. The van der Waals surface area contributed by atoms with Crippen molar-refractivity contribution in [2.45, 2.75) is 115 Å². The van der Waals surface area contributed by atoms with Gasteiger partial charge >= 0.3 is 0 Å². The fraction of sp³-hybridized carbons (Fsp3) is 0.407. The molecule has 0 radical (unpaired) electrons. The van der Waals surface area contributed by atoms with E-state index in [0.29, 0.717) is 39.5 Å². The van der Waals surface area contributed by atoms with Crippen LogP contribution in [0.3, 0.4) is 0 Å². The van der Waals surface area contributed by atoms with E-state index in [2.05, 4.69) is 124 Å². The monoisotopic (exact) mass is 884 g/mol. The Hall–Kier alpha value is -4.46. The summed E-state index contributed by atoms with van der Waals surface area (Å²) in [5, 5.41) is 2.18. The number of ether oxygens (including phenoxy) is 8. The van der Waals surface area contributed by atoms with E-state index >= 15 is 0 Å². The standard InChI is InChI=1S/C54H64O9Si/c1-53(2,3)64(43-28-18-10-19-29-43,44-30-20-11-21-31-44)59-38-48-50-46(62-54(4,5)63-50)33-42(60-48)32-45-47(37-56-34-39-22-12-7-13-23-39)61-52(55-6)51(58-36-41-26-16-9-17-27-41)49(45)57-35-40-24-14-8-15-25-40/h7-31,33,45-52H,32,34-38H2,1-6H3/t45-,46+,47-,48-,49+,50+,51-,52+/m1/s1. The molecule has 338 valence electrons. The maximum atomic E-state index is 7.51. The van der Waals surface area contributed by atoms with Gasteiger partial charge in [0.15, 0.2) is 12.1 Å². The van der Waals surface area contributed by atoms with Crippen LogP contribution in [0.1, 0.15) is 57.7 Å². The summed E-state index contributed by atoms with van der Waals surface area (Å²) in [6.07, 6.45) is -0.959. The van der Waals surface area contributed by atoms with Gasteiger partial charge in [0.05, 0.1) is 51.0 Å². The first-order valence-electron chi connectivity index (χ1n) is 22.6. The van der Waals surface area contributed by atoms with Crippen LogP contribution >= 0.6 is 0 Å². The van der Waals surface area contributed by atoms with Crippen LogP contribution in [0.15, 0.2) is 163 Å². The molecule has 0 unspecified atom stereocenters. The Morgan fingerprint density at radius 3 is 1.61 bits per heavy atom. The van der Waals surface area contributed by atoms with E-state index in [1.54, 1.807) is 7.11 Å². The Morgan fingerprint density at radius 2 is 1.09 bits per heavy atom. The Kier molecular flexibility index (Phi) is 15.0. The highest BCUT2D eigenvalue weighted by Gasteiger charge is 2.54. The SMILES string of the molecule is CO[C@H]1O[C@H](COCc2ccccc2)[C@@H](CC2=C[C@@H]3OC(C)(C)O[C@@H]3[C@@H](CO[Si](c3ccccc3)(c3ccccc3)C(C)(C)C)O2)[C@H](OCc2ccccc2)[C@H]1OCc1ccccc1. The van der Waals surface area contributed by atoms with Crippen LogP contribution in [0.2, 0.25) is 5.04 Å². The zero-order chi connectivity index (χ0) is 44.6. The average molecular weight is 885 g/mol. The Labute approximate surface area is 380 Å². The summed E-state index contributed by atoms with van der Waals surface area (Å²) in [7, 11) is -1.27. The van der Waals surface area contributed by atoms with E-state index in [1.165, 1.54) is 10.4 Å². The van der Waals surface area contributed by atoms with E-state index in [1.807, 2.05) is 68.4 Å². The van der Waals surface area contributed by atoms with Gasteiger partial charge < -0.3 is 42.3 Å². The quantitative estimate of drug-likeness (QED) is 0.0801. The van der Waals surface area contributed by atoms with Crippen LogP contribution < -0.4 is 10.4 Å². The van der Waals surface area contributed by atoms with Gasteiger partial charge in [0.25, 0.3) is 8.32 Å². The van der Waals surface area contributed by atoms with Crippen molar-refractivity contribution in [1.29, 1.82) is 0 Å². The minimum Gasteiger partial charge on any atom is -0.490 e. The fourth-order valence-corrected chi connectivity index (χ4v) is 14.1. The molecular formula is C54H64O9Si. The molecule has 0 saturated carbocycles. The lowest BCUT2D eigenvalue weighted by Gasteiger charge is -2.47. The number of hydrogen-bond donors (Lipinski definition) is 0. The van der Waals surface area contributed by atoms with Crippen LogP contribution in [0.4, 0.5) is 0 Å². The molecule has 0 aromatic heterocycles. The second kappa shape index (κ2) is 20.8. The van der Waals surface area contributed by atoms with Crippen LogP contribution in [0, 0.1) is 5.92 Å². The first-order chi connectivity index (χ1) is 31.0. The van der Waals surface area contributed by atoms with Gasteiger partial charge in [0.1, 0.15) is 24.4 Å². The van der Waals surface area contributed by atoms with Gasteiger partial charge in [-0.15, -0.1) is 0 Å². The number of hydrogen-bond acceptors (Lipinski definition) is 9. The smallest absolute Gasteiger partial charge is 0.261 e. The maximum Gasteiger partial charge on any atom is 0.261 e. The molecule has 2 saturated heterocycles. The van der Waals surface area contributed by atoms with Crippen molar-refractivity contribution in [2.24, 2.45) is 5.92 Å². The van der Waals surface area contributed by atoms with Gasteiger partial charge in [-0.3, -0.25) is 0 Å². The summed E-state index contributed by atoms with van der Waals surface area (Å²) in [5.41, 5.74) is 3.17. The van der Waals surface area contributed by atoms with Crippen LogP contribution in [0.25, 0.3) is 0 Å². The molecule has 3 aliphatic rings. The van der Waals surface area contributed by atoms with E-state index in [4.69, 9.17) is 42.3 Å². The molecule has 0 amide bonds. The van der Waals surface area contributed by atoms with Gasteiger partial charge in [-0.05, 0) is 52.0 Å². The van der Waals surface area contributed by atoms with E-state index in [0.717, 1.165) is 22.4 Å². The first kappa shape index (κ1) is 46.1. The number of methoxy groups -OCH3 is 1. The minimum atomic E-state index is -2.93. The molecule has 5 aromatic rings. The highest BCUT2D eigenvalue weighted by Crippen LogP contribution is 2.43.